The molecule has 1 aromatic heterocycles. The molecule has 2 aromatic carbocycles. The number of hydrogen-bond acceptors (Lipinski definition) is 6. The van der Waals surface area contributed by atoms with Crippen molar-refractivity contribution in [3.05, 3.63) is 52.1 Å². The number of aromatic nitrogens is 3. The summed E-state index contributed by atoms with van der Waals surface area (Å²) in [6.07, 6.45) is 0. The Kier molecular flexibility index (Phi) is 3.45. The monoisotopic (exact) mass is 333 g/mol. The Labute approximate surface area is 130 Å². The number of nitrogens with one attached hydrogen (secondary N) is 2. The minimum absolute atomic E-state index is 0.0247. The van der Waals surface area contributed by atoms with Gasteiger partial charge in [-0.25, -0.2) is 8.42 Å². The van der Waals surface area contributed by atoms with Crippen molar-refractivity contribution in [1.29, 1.82) is 0 Å². The minimum atomic E-state index is -3.87. The van der Waals surface area contributed by atoms with Crippen LogP contribution in [0.3, 0.4) is 0 Å². The number of hydrogen-bond donors (Lipinski definition) is 2. The van der Waals surface area contributed by atoms with Gasteiger partial charge in [-0.1, -0.05) is 0 Å². The fourth-order valence-corrected chi connectivity index (χ4v) is 3.44. The van der Waals surface area contributed by atoms with E-state index in [4.69, 9.17) is 0 Å². The maximum Gasteiger partial charge on any atom is 0.269 e. The highest BCUT2D eigenvalue weighted by molar-refractivity contribution is 7.92. The molecule has 0 unspecified atom stereocenters. The van der Waals surface area contributed by atoms with E-state index in [1.54, 1.807) is 12.1 Å². The fraction of sp³-hybridized carbons (Fsp3) is 0.0769. The Hall–Kier alpha value is -3.01. The van der Waals surface area contributed by atoms with Crippen LogP contribution in [0.15, 0.2) is 41.3 Å². The lowest BCUT2D eigenvalue weighted by Gasteiger charge is -2.10. The lowest BCUT2D eigenvalue weighted by molar-refractivity contribution is -0.385. The van der Waals surface area contributed by atoms with Gasteiger partial charge in [0.25, 0.3) is 15.7 Å². The maximum atomic E-state index is 12.5. The predicted octanol–water partition coefficient (Wildman–Crippen LogP) is 1.98. The van der Waals surface area contributed by atoms with Crippen LogP contribution in [0.2, 0.25) is 0 Å². The van der Waals surface area contributed by atoms with Crippen LogP contribution in [0.1, 0.15) is 5.56 Å². The first kappa shape index (κ1) is 14.9. The summed E-state index contributed by atoms with van der Waals surface area (Å²) in [6.45, 7) is 1.50. The second-order valence-corrected chi connectivity index (χ2v) is 6.49. The largest absolute Gasteiger partial charge is 0.280 e. The van der Waals surface area contributed by atoms with Gasteiger partial charge in [-0.3, -0.25) is 14.8 Å². The number of anilines is 1. The van der Waals surface area contributed by atoms with E-state index >= 15 is 0 Å². The van der Waals surface area contributed by atoms with Crippen LogP contribution in [0, 0.1) is 17.0 Å². The van der Waals surface area contributed by atoms with E-state index in [9.17, 15) is 18.5 Å². The Bertz CT molecular complexity index is 1010. The van der Waals surface area contributed by atoms with Crippen molar-refractivity contribution in [1.82, 2.24) is 15.4 Å². The Balaban J connectivity index is 1.96. The summed E-state index contributed by atoms with van der Waals surface area (Å²) in [5, 5.41) is 20.9. The van der Waals surface area contributed by atoms with Gasteiger partial charge in [-0.05, 0) is 36.8 Å². The van der Waals surface area contributed by atoms with Crippen LogP contribution in [-0.4, -0.2) is 28.8 Å². The van der Waals surface area contributed by atoms with Gasteiger partial charge < -0.3 is 0 Å². The number of aryl methyl sites for hydroxylation is 1. The number of fused-ring (bicyclic) bond motifs is 1. The average Bonchev–Trinajstić information content (AvgIpc) is 2.93. The van der Waals surface area contributed by atoms with E-state index < -0.39 is 14.9 Å². The Morgan fingerprint density at radius 1 is 1.13 bits per heavy atom. The molecular formula is C13H11N5O4S. The van der Waals surface area contributed by atoms with Gasteiger partial charge in [-0.15, -0.1) is 0 Å². The van der Waals surface area contributed by atoms with E-state index in [0.717, 1.165) is 6.07 Å². The minimum Gasteiger partial charge on any atom is -0.280 e. The number of benzene rings is 2. The first-order valence-electron chi connectivity index (χ1n) is 6.45. The summed E-state index contributed by atoms with van der Waals surface area (Å²) in [5.41, 5.74) is 1.58. The van der Waals surface area contributed by atoms with Gasteiger partial charge in [-0.2, -0.15) is 15.4 Å². The summed E-state index contributed by atoms with van der Waals surface area (Å²) < 4.78 is 27.3. The van der Waals surface area contributed by atoms with Gasteiger partial charge in [0.2, 0.25) is 0 Å². The van der Waals surface area contributed by atoms with E-state index in [1.165, 1.54) is 25.1 Å². The number of sulfonamides is 1. The fourth-order valence-electron chi connectivity index (χ4n) is 2.16. The van der Waals surface area contributed by atoms with Gasteiger partial charge in [0, 0.05) is 12.1 Å². The highest BCUT2D eigenvalue weighted by Crippen LogP contribution is 2.24. The summed E-state index contributed by atoms with van der Waals surface area (Å²) in [5.74, 6) is 0. The van der Waals surface area contributed by atoms with E-state index in [0.29, 0.717) is 16.7 Å². The Morgan fingerprint density at radius 3 is 2.57 bits per heavy atom. The predicted molar refractivity (Wildman–Crippen MR) is 82.5 cm³/mol. The van der Waals surface area contributed by atoms with Crippen molar-refractivity contribution in [2.24, 2.45) is 0 Å². The third-order valence-electron chi connectivity index (χ3n) is 3.23. The molecule has 1 heterocycles. The number of aromatic amines is 1. The first-order chi connectivity index (χ1) is 10.9. The zero-order valence-electron chi connectivity index (χ0n) is 11.8. The van der Waals surface area contributed by atoms with Crippen LogP contribution in [-0.2, 0) is 10.0 Å². The van der Waals surface area contributed by atoms with Gasteiger partial charge in [0.05, 0.1) is 15.5 Å². The molecule has 0 atom stereocenters. The molecule has 0 fully saturated rings. The SMILES string of the molecule is Cc1cc([N+](=O)[O-])ccc1S(=O)(=O)Nc1ccc2n[nH]nc2c1. The molecule has 9 nitrogen and oxygen atoms in total. The summed E-state index contributed by atoms with van der Waals surface area (Å²) >= 11 is 0. The molecule has 3 aromatic rings. The van der Waals surface area contributed by atoms with Gasteiger partial charge >= 0.3 is 0 Å². The zero-order valence-corrected chi connectivity index (χ0v) is 12.7. The molecule has 0 saturated heterocycles. The molecule has 0 aliphatic rings. The molecule has 0 radical (unpaired) electrons. The molecule has 23 heavy (non-hydrogen) atoms. The maximum absolute atomic E-state index is 12.5. The molecule has 0 bridgehead atoms. The number of nitrogens with zero attached hydrogens (tertiary/aromatic N) is 3. The highest BCUT2D eigenvalue weighted by Gasteiger charge is 2.19. The van der Waals surface area contributed by atoms with Crippen molar-refractivity contribution in [3.63, 3.8) is 0 Å². The normalized spacial score (nSPS) is 11.5. The third-order valence-corrected chi connectivity index (χ3v) is 4.77. The molecule has 0 amide bonds. The topological polar surface area (TPSA) is 131 Å². The number of rotatable bonds is 4. The molecule has 0 saturated carbocycles. The van der Waals surface area contributed by atoms with Gasteiger partial charge in [0.15, 0.2) is 0 Å². The highest BCUT2D eigenvalue weighted by atomic mass is 32.2. The smallest absolute Gasteiger partial charge is 0.269 e. The lowest BCUT2D eigenvalue weighted by atomic mass is 10.2. The number of nitro benzene ring substituents is 1. The summed E-state index contributed by atoms with van der Waals surface area (Å²) in [6, 6.07) is 8.31. The van der Waals surface area contributed by atoms with E-state index in [2.05, 4.69) is 20.1 Å². The van der Waals surface area contributed by atoms with Crippen molar-refractivity contribution in [3.8, 4) is 0 Å². The van der Waals surface area contributed by atoms with E-state index in [-0.39, 0.29) is 16.1 Å². The van der Waals surface area contributed by atoms with Crippen molar-refractivity contribution >= 4 is 32.4 Å². The second kappa shape index (κ2) is 5.32. The van der Waals surface area contributed by atoms with Crippen LogP contribution in [0.4, 0.5) is 11.4 Å². The lowest BCUT2D eigenvalue weighted by Crippen LogP contribution is -2.14. The molecule has 0 aliphatic carbocycles. The molecule has 10 heteroatoms. The van der Waals surface area contributed by atoms with Crippen LogP contribution in [0.5, 0.6) is 0 Å². The molecule has 118 valence electrons. The van der Waals surface area contributed by atoms with Crippen molar-refractivity contribution in [2.75, 3.05) is 4.72 Å². The molecule has 0 spiro atoms. The summed E-state index contributed by atoms with van der Waals surface area (Å²) in [7, 11) is -3.87. The summed E-state index contributed by atoms with van der Waals surface area (Å²) in [4.78, 5) is 10.1. The van der Waals surface area contributed by atoms with Gasteiger partial charge in [0.1, 0.15) is 11.0 Å². The second-order valence-electron chi connectivity index (χ2n) is 4.84. The zero-order chi connectivity index (χ0) is 16.6. The molecule has 0 aliphatic heterocycles. The average molecular weight is 333 g/mol. The van der Waals surface area contributed by atoms with E-state index in [1.807, 2.05) is 0 Å². The standard InChI is InChI=1S/C13H11N5O4S/c1-8-6-10(18(19)20)3-5-13(8)23(21,22)16-9-2-4-11-12(7-9)15-17-14-11/h2-7,16H,1H3,(H,14,15,17). The number of non-ortho nitro benzene ring substituents is 1. The van der Waals surface area contributed by atoms with Crippen LogP contribution < -0.4 is 4.72 Å². The van der Waals surface area contributed by atoms with Crippen LogP contribution in [0.25, 0.3) is 11.0 Å². The van der Waals surface area contributed by atoms with Crippen molar-refractivity contribution < 1.29 is 13.3 Å². The first-order valence-corrected chi connectivity index (χ1v) is 7.93. The van der Waals surface area contributed by atoms with Crippen LogP contribution >= 0.6 is 0 Å². The Morgan fingerprint density at radius 2 is 1.87 bits per heavy atom. The molecule has 2 N–H and O–H groups in total. The van der Waals surface area contributed by atoms with Crippen molar-refractivity contribution in [2.45, 2.75) is 11.8 Å². The third kappa shape index (κ3) is 2.83. The quantitative estimate of drug-likeness (QED) is 0.554. The number of nitro groups is 1. The molecular weight excluding hydrogens is 322 g/mol. The number of H-pyrrole nitrogens is 1. The molecule has 3 rings (SSSR count).